The van der Waals surface area contributed by atoms with Gasteiger partial charge in [-0.05, 0) is 45.8 Å². The zero-order chi connectivity index (χ0) is 12.4. The minimum Gasteiger partial charge on any atom is -0.347 e. The number of carbonyl (C=O) groups excluding carboxylic acids is 1. The first-order valence-corrected chi connectivity index (χ1v) is 6.53. The van der Waals surface area contributed by atoms with E-state index in [0.29, 0.717) is 6.04 Å². The number of rotatable bonds is 4. The van der Waals surface area contributed by atoms with Crippen LogP contribution in [0.1, 0.15) is 41.5 Å². The Morgan fingerprint density at radius 3 is 2.82 bits per heavy atom. The topological polar surface area (TPSA) is 25.2 Å². The second-order valence-electron chi connectivity index (χ2n) is 4.98. The number of likely N-dealkylation sites (tertiary alicyclic amines) is 1. The smallest absolute Gasteiger partial charge is 0.151 e. The molecule has 17 heavy (non-hydrogen) atoms. The lowest BCUT2D eigenvalue weighted by Gasteiger charge is -2.24. The van der Waals surface area contributed by atoms with Crippen molar-refractivity contribution in [2.24, 2.45) is 0 Å². The summed E-state index contributed by atoms with van der Waals surface area (Å²) in [6.07, 6.45) is 3.55. The predicted octanol–water partition coefficient (Wildman–Crippen LogP) is 2.40. The monoisotopic (exact) mass is 234 g/mol. The Morgan fingerprint density at radius 1 is 1.47 bits per heavy atom. The van der Waals surface area contributed by atoms with E-state index in [2.05, 4.69) is 23.3 Å². The van der Waals surface area contributed by atoms with E-state index in [9.17, 15) is 4.79 Å². The molecule has 0 N–H and O–H groups in total. The van der Waals surface area contributed by atoms with E-state index in [-0.39, 0.29) is 0 Å². The quantitative estimate of drug-likeness (QED) is 0.747. The van der Waals surface area contributed by atoms with Crippen LogP contribution in [0, 0.1) is 13.8 Å². The second-order valence-corrected chi connectivity index (χ2v) is 4.98. The van der Waals surface area contributed by atoms with E-state index in [1.807, 2.05) is 13.0 Å². The molecule has 0 unspecified atom stereocenters. The molecule has 0 amide bonds. The first-order valence-electron chi connectivity index (χ1n) is 6.53. The lowest BCUT2D eigenvalue weighted by molar-refractivity contribution is 0.112. The summed E-state index contributed by atoms with van der Waals surface area (Å²) in [5.74, 6) is 0. The molecule has 0 saturated carbocycles. The highest BCUT2D eigenvalue weighted by Crippen LogP contribution is 2.21. The maximum atomic E-state index is 10.9. The Hall–Kier alpha value is -1.09. The number of carbonyl (C=O) groups is 1. The highest BCUT2D eigenvalue weighted by molar-refractivity contribution is 5.77. The van der Waals surface area contributed by atoms with Gasteiger partial charge in [0.25, 0.3) is 0 Å². The first-order chi connectivity index (χ1) is 8.17. The number of aromatic nitrogens is 1. The molecule has 0 spiro atoms. The number of likely N-dealkylation sites (N-methyl/N-ethyl adjacent to an activating group) is 1. The minimum atomic E-state index is 0.643. The Labute approximate surface area is 103 Å². The second kappa shape index (κ2) is 5.05. The molecule has 3 nitrogen and oxygen atoms in total. The van der Waals surface area contributed by atoms with E-state index in [1.54, 1.807) is 0 Å². The van der Waals surface area contributed by atoms with E-state index in [1.165, 1.54) is 25.1 Å². The fourth-order valence-electron chi connectivity index (χ4n) is 2.96. The van der Waals surface area contributed by atoms with Crippen LogP contribution in [-0.2, 0) is 6.54 Å². The van der Waals surface area contributed by atoms with Crippen molar-refractivity contribution in [2.45, 2.75) is 46.2 Å². The van der Waals surface area contributed by atoms with Crippen LogP contribution in [0.25, 0.3) is 0 Å². The van der Waals surface area contributed by atoms with Crippen LogP contribution < -0.4 is 0 Å². The predicted molar refractivity (Wildman–Crippen MR) is 69.6 cm³/mol. The molecule has 2 rings (SSSR count). The molecule has 1 aromatic heterocycles. The van der Waals surface area contributed by atoms with Crippen molar-refractivity contribution in [1.82, 2.24) is 9.47 Å². The van der Waals surface area contributed by atoms with Gasteiger partial charge < -0.3 is 4.57 Å². The summed E-state index contributed by atoms with van der Waals surface area (Å²) in [4.78, 5) is 13.5. The van der Waals surface area contributed by atoms with Crippen molar-refractivity contribution in [1.29, 1.82) is 0 Å². The summed E-state index contributed by atoms with van der Waals surface area (Å²) in [5.41, 5.74) is 3.15. The molecule has 1 aliphatic rings. The van der Waals surface area contributed by atoms with Crippen LogP contribution in [0.3, 0.4) is 0 Å². The largest absolute Gasteiger partial charge is 0.347 e. The standard InChI is InChI=1S/C14H22N2O/c1-4-15-7-5-6-14(15)9-16-11(2)8-13(10-17)12(16)3/h8,10,14H,4-7,9H2,1-3H3/t14-/m1/s1. The molecule has 0 radical (unpaired) electrons. The molecule has 3 heteroatoms. The third-order valence-electron chi connectivity index (χ3n) is 4.04. The van der Waals surface area contributed by atoms with E-state index in [0.717, 1.165) is 30.6 Å². The lowest BCUT2D eigenvalue weighted by atomic mass is 10.2. The van der Waals surface area contributed by atoms with Gasteiger partial charge in [-0.3, -0.25) is 9.69 Å². The zero-order valence-electron chi connectivity index (χ0n) is 11.1. The SMILES string of the molecule is CCN1CCC[C@@H]1Cn1c(C)cc(C=O)c1C. The molecule has 2 heterocycles. The Morgan fingerprint density at radius 2 is 2.24 bits per heavy atom. The van der Waals surface area contributed by atoms with Gasteiger partial charge in [0.1, 0.15) is 0 Å². The lowest BCUT2D eigenvalue weighted by Crippen LogP contribution is -2.33. The molecule has 0 bridgehead atoms. The van der Waals surface area contributed by atoms with Crippen LogP contribution in [0.4, 0.5) is 0 Å². The van der Waals surface area contributed by atoms with E-state index < -0.39 is 0 Å². The minimum absolute atomic E-state index is 0.643. The van der Waals surface area contributed by atoms with Crippen molar-refractivity contribution in [3.8, 4) is 0 Å². The normalized spacial score (nSPS) is 21.0. The van der Waals surface area contributed by atoms with Gasteiger partial charge in [-0.1, -0.05) is 6.92 Å². The molecule has 0 aromatic carbocycles. The van der Waals surface area contributed by atoms with E-state index in [4.69, 9.17) is 0 Å². The van der Waals surface area contributed by atoms with Crippen molar-refractivity contribution in [2.75, 3.05) is 13.1 Å². The Balaban J connectivity index is 2.18. The van der Waals surface area contributed by atoms with Crippen molar-refractivity contribution < 1.29 is 4.79 Å². The third kappa shape index (κ3) is 2.29. The summed E-state index contributed by atoms with van der Waals surface area (Å²) in [6.45, 7) is 9.74. The maximum absolute atomic E-state index is 10.9. The van der Waals surface area contributed by atoms with Crippen LogP contribution in [0.5, 0.6) is 0 Å². The Kier molecular flexibility index (Phi) is 3.67. The van der Waals surface area contributed by atoms with Gasteiger partial charge in [0.05, 0.1) is 0 Å². The van der Waals surface area contributed by atoms with Crippen LogP contribution in [0.15, 0.2) is 6.07 Å². The number of nitrogens with zero attached hydrogens (tertiary/aromatic N) is 2. The summed E-state index contributed by atoms with van der Waals surface area (Å²) < 4.78 is 2.29. The average Bonchev–Trinajstić information content (AvgIpc) is 2.88. The van der Waals surface area contributed by atoms with E-state index >= 15 is 0 Å². The molecular formula is C14H22N2O. The van der Waals surface area contributed by atoms with Crippen molar-refractivity contribution >= 4 is 6.29 Å². The first kappa shape index (κ1) is 12.4. The van der Waals surface area contributed by atoms with Crippen LogP contribution in [-0.4, -0.2) is 34.9 Å². The van der Waals surface area contributed by atoms with Gasteiger partial charge >= 0.3 is 0 Å². The number of aldehydes is 1. The molecule has 1 aromatic rings. The fourth-order valence-corrected chi connectivity index (χ4v) is 2.96. The summed E-state index contributed by atoms with van der Waals surface area (Å²) in [7, 11) is 0. The molecule has 1 atom stereocenters. The van der Waals surface area contributed by atoms with Crippen molar-refractivity contribution in [3.05, 3.63) is 23.0 Å². The van der Waals surface area contributed by atoms with Gasteiger partial charge in [-0.25, -0.2) is 0 Å². The highest BCUT2D eigenvalue weighted by Gasteiger charge is 2.24. The average molecular weight is 234 g/mol. The summed E-state index contributed by atoms with van der Waals surface area (Å²) >= 11 is 0. The van der Waals surface area contributed by atoms with Gasteiger partial charge in [0.15, 0.2) is 6.29 Å². The van der Waals surface area contributed by atoms with Gasteiger partial charge in [0, 0.05) is 29.5 Å². The number of hydrogen-bond acceptors (Lipinski definition) is 2. The molecule has 1 aliphatic heterocycles. The van der Waals surface area contributed by atoms with Gasteiger partial charge in [-0.2, -0.15) is 0 Å². The summed E-state index contributed by atoms with van der Waals surface area (Å²) in [5, 5.41) is 0. The summed E-state index contributed by atoms with van der Waals surface area (Å²) in [6, 6.07) is 2.64. The highest BCUT2D eigenvalue weighted by atomic mass is 16.1. The van der Waals surface area contributed by atoms with Crippen molar-refractivity contribution in [3.63, 3.8) is 0 Å². The maximum Gasteiger partial charge on any atom is 0.151 e. The van der Waals surface area contributed by atoms with Crippen LogP contribution in [0.2, 0.25) is 0 Å². The molecule has 94 valence electrons. The van der Waals surface area contributed by atoms with Crippen LogP contribution >= 0.6 is 0 Å². The fraction of sp³-hybridized carbons (Fsp3) is 0.643. The molecule has 1 saturated heterocycles. The molecule has 0 aliphatic carbocycles. The third-order valence-corrected chi connectivity index (χ3v) is 4.04. The zero-order valence-corrected chi connectivity index (χ0v) is 11.1. The number of aryl methyl sites for hydroxylation is 1. The van der Waals surface area contributed by atoms with Gasteiger partial charge in [0.2, 0.25) is 0 Å². The number of hydrogen-bond donors (Lipinski definition) is 0. The van der Waals surface area contributed by atoms with Gasteiger partial charge in [-0.15, -0.1) is 0 Å². The Bertz CT molecular complexity index is 409. The molecule has 1 fully saturated rings. The molecular weight excluding hydrogens is 212 g/mol.